The van der Waals surface area contributed by atoms with Gasteiger partial charge in [-0.25, -0.2) is 4.39 Å². The highest BCUT2D eigenvalue weighted by Crippen LogP contribution is 2.38. The average molecular weight is 400 g/mol. The van der Waals surface area contributed by atoms with Crippen LogP contribution in [-0.4, -0.2) is 30.2 Å². The first kappa shape index (κ1) is 18.8. The van der Waals surface area contributed by atoms with E-state index >= 15 is 0 Å². The summed E-state index contributed by atoms with van der Waals surface area (Å²) in [6.07, 6.45) is 0.341. The first-order chi connectivity index (χ1) is 13.5. The van der Waals surface area contributed by atoms with Crippen molar-refractivity contribution >= 4 is 29.3 Å². The lowest BCUT2D eigenvalue weighted by atomic mass is 10.0. The third-order valence-electron chi connectivity index (χ3n) is 5.00. The molecule has 1 N–H and O–H groups in total. The molecule has 7 heteroatoms. The molecule has 0 saturated carbocycles. The third-order valence-corrected chi connectivity index (χ3v) is 6.16. The van der Waals surface area contributed by atoms with E-state index in [0.29, 0.717) is 16.3 Å². The van der Waals surface area contributed by atoms with E-state index in [4.69, 9.17) is 4.74 Å². The Morgan fingerprint density at radius 1 is 1.29 bits per heavy atom. The lowest BCUT2D eigenvalue weighted by molar-refractivity contribution is -0.125. The van der Waals surface area contributed by atoms with Gasteiger partial charge in [0.2, 0.25) is 5.91 Å². The zero-order valence-electron chi connectivity index (χ0n) is 15.5. The molecule has 0 aromatic heterocycles. The number of carbonyl (C=O) groups is 2. The zero-order valence-corrected chi connectivity index (χ0v) is 16.3. The molecule has 0 radical (unpaired) electrons. The summed E-state index contributed by atoms with van der Waals surface area (Å²) in [6, 6.07) is 12.1. The van der Waals surface area contributed by atoms with Crippen molar-refractivity contribution in [3.8, 4) is 5.75 Å². The van der Waals surface area contributed by atoms with Crippen LogP contribution in [0.25, 0.3) is 0 Å². The minimum atomic E-state index is -0.580. The lowest BCUT2D eigenvalue weighted by Gasteiger charge is -2.33. The van der Waals surface area contributed by atoms with E-state index in [-0.39, 0.29) is 36.6 Å². The Morgan fingerprint density at radius 2 is 2.11 bits per heavy atom. The van der Waals surface area contributed by atoms with E-state index in [1.807, 2.05) is 30.3 Å². The summed E-state index contributed by atoms with van der Waals surface area (Å²) >= 11 is 1.48. The van der Waals surface area contributed by atoms with Crippen molar-refractivity contribution in [2.45, 2.75) is 36.8 Å². The van der Waals surface area contributed by atoms with E-state index in [1.54, 1.807) is 17.9 Å². The van der Waals surface area contributed by atoms with E-state index in [9.17, 15) is 14.0 Å². The minimum absolute atomic E-state index is 0.156. The van der Waals surface area contributed by atoms with Crippen molar-refractivity contribution in [1.29, 1.82) is 0 Å². The molecule has 0 saturated heterocycles. The minimum Gasteiger partial charge on any atom is -0.479 e. The molecule has 4 rings (SSSR count). The van der Waals surface area contributed by atoms with Gasteiger partial charge in [-0.3, -0.25) is 9.59 Å². The van der Waals surface area contributed by atoms with Crippen molar-refractivity contribution in [2.24, 2.45) is 0 Å². The molecular formula is C21H21FN2O3S. The number of anilines is 1. The predicted octanol–water partition coefficient (Wildman–Crippen LogP) is 3.68. The van der Waals surface area contributed by atoms with Gasteiger partial charge in [-0.15, -0.1) is 11.8 Å². The maximum atomic E-state index is 14.0. The van der Waals surface area contributed by atoms with Gasteiger partial charge in [0, 0.05) is 23.6 Å². The number of nitrogens with zero attached hydrogens (tertiary/aromatic N) is 1. The van der Waals surface area contributed by atoms with Gasteiger partial charge < -0.3 is 15.0 Å². The maximum absolute atomic E-state index is 14.0. The van der Waals surface area contributed by atoms with E-state index < -0.39 is 6.10 Å². The fourth-order valence-electron chi connectivity index (χ4n) is 3.61. The number of fused-ring (bicyclic) bond motifs is 2. The van der Waals surface area contributed by atoms with Crippen LogP contribution in [0.1, 0.15) is 31.4 Å². The summed E-state index contributed by atoms with van der Waals surface area (Å²) in [5.41, 5.74) is 1.51. The molecule has 2 aromatic carbocycles. The fraction of sp³-hybridized carbons (Fsp3) is 0.333. The summed E-state index contributed by atoms with van der Waals surface area (Å²) in [7, 11) is 0. The summed E-state index contributed by atoms with van der Waals surface area (Å²) in [5, 5.41) is 3.00. The predicted molar refractivity (Wildman–Crippen MR) is 106 cm³/mol. The highest BCUT2D eigenvalue weighted by molar-refractivity contribution is 7.99. The molecule has 0 bridgehead atoms. The number of hydrogen-bond donors (Lipinski definition) is 1. The summed E-state index contributed by atoms with van der Waals surface area (Å²) in [5.74, 6) is 0.838. The van der Waals surface area contributed by atoms with Crippen LogP contribution in [0.15, 0.2) is 47.4 Å². The maximum Gasteiger partial charge on any atom is 0.267 e. The SMILES string of the molecule is CC1Oc2ccccc2N(CCC(=O)NC2CCSc3c(F)cccc32)C1=O. The van der Waals surface area contributed by atoms with E-state index in [0.717, 1.165) is 17.7 Å². The van der Waals surface area contributed by atoms with Crippen LogP contribution < -0.4 is 15.0 Å². The molecule has 146 valence electrons. The Kier molecular flexibility index (Phi) is 5.26. The molecule has 2 amide bonds. The molecule has 0 aliphatic carbocycles. The summed E-state index contributed by atoms with van der Waals surface area (Å²) in [6.45, 7) is 1.98. The van der Waals surface area contributed by atoms with Crippen LogP contribution in [0.5, 0.6) is 5.75 Å². The van der Waals surface area contributed by atoms with Crippen molar-refractivity contribution in [3.63, 3.8) is 0 Å². The molecule has 2 aliphatic heterocycles. The second-order valence-corrected chi connectivity index (χ2v) is 7.99. The molecule has 2 atom stereocenters. The number of hydrogen-bond acceptors (Lipinski definition) is 4. The first-order valence-electron chi connectivity index (χ1n) is 9.32. The molecule has 0 spiro atoms. The average Bonchev–Trinajstić information content (AvgIpc) is 2.69. The number of thioether (sulfide) groups is 1. The van der Waals surface area contributed by atoms with Gasteiger partial charge >= 0.3 is 0 Å². The van der Waals surface area contributed by atoms with Crippen molar-refractivity contribution in [3.05, 3.63) is 53.8 Å². The number of benzene rings is 2. The highest BCUT2D eigenvalue weighted by Gasteiger charge is 2.31. The number of para-hydroxylation sites is 2. The van der Waals surface area contributed by atoms with Gasteiger partial charge in [-0.2, -0.15) is 0 Å². The van der Waals surface area contributed by atoms with Crippen LogP contribution in [0, 0.1) is 5.82 Å². The number of rotatable bonds is 4. The molecule has 2 unspecified atom stereocenters. The molecular weight excluding hydrogens is 379 g/mol. The molecule has 0 fully saturated rings. The molecule has 28 heavy (non-hydrogen) atoms. The lowest BCUT2D eigenvalue weighted by Crippen LogP contribution is -2.46. The Balaban J connectivity index is 1.43. The quantitative estimate of drug-likeness (QED) is 0.851. The third kappa shape index (κ3) is 3.58. The molecule has 2 heterocycles. The first-order valence-corrected chi connectivity index (χ1v) is 10.3. The topological polar surface area (TPSA) is 58.6 Å². The molecule has 2 aromatic rings. The number of halogens is 1. The van der Waals surface area contributed by atoms with Gasteiger partial charge in [0.25, 0.3) is 5.91 Å². The monoisotopic (exact) mass is 400 g/mol. The second kappa shape index (κ2) is 7.83. The summed E-state index contributed by atoms with van der Waals surface area (Å²) in [4.78, 5) is 27.3. The fourth-order valence-corrected chi connectivity index (χ4v) is 4.75. The summed E-state index contributed by atoms with van der Waals surface area (Å²) < 4.78 is 19.6. The largest absolute Gasteiger partial charge is 0.479 e. The Morgan fingerprint density at radius 3 is 2.96 bits per heavy atom. The molecule has 5 nitrogen and oxygen atoms in total. The Labute approximate surface area is 167 Å². The molecule has 2 aliphatic rings. The van der Waals surface area contributed by atoms with Crippen molar-refractivity contribution in [2.75, 3.05) is 17.2 Å². The number of nitrogens with one attached hydrogen (secondary N) is 1. The highest BCUT2D eigenvalue weighted by atomic mass is 32.2. The Hall–Kier alpha value is -2.54. The Bertz CT molecular complexity index is 920. The van der Waals surface area contributed by atoms with E-state index in [2.05, 4.69) is 5.32 Å². The van der Waals surface area contributed by atoms with Crippen LogP contribution in [0.4, 0.5) is 10.1 Å². The van der Waals surface area contributed by atoms with Gasteiger partial charge in [0.15, 0.2) is 6.10 Å². The van der Waals surface area contributed by atoms with Gasteiger partial charge in [-0.1, -0.05) is 24.3 Å². The van der Waals surface area contributed by atoms with Gasteiger partial charge in [0.05, 0.1) is 11.7 Å². The van der Waals surface area contributed by atoms with Gasteiger partial charge in [-0.05, 0) is 37.1 Å². The number of ether oxygens (including phenoxy) is 1. The van der Waals surface area contributed by atoms with Gasteiger partial charge in [0.1, 0.15) is 11.6 Å². The number of amides is 2. The van der Waals surface area contributed by atoms with Crippen molar-refractivity contribution < 1.29 is 18.7 Å². The van der Waals surface area contributed by atoms with Crippen LogP contribution in [0.2, 0.25) is 0 Å². The second-order valence-electron chi connectivity index (χ2n) is 6.88. The number of carbonyl (C=O) groups excluding carboxylic acids is 2. The van der Waals surface area contributed by atoms with E-state index in [1.165, 1.54) is 17.8 Å². The zero-order chi connectivity index (χ0) is 19.7. The van der Waals surface area contributed by atoms with Crippen LogP contribution in [-0.2, 0) is 9.59 Å². The van der Waals surface area contributed by atoms with Crippen LogP contribution in [0.3, 0.4) is 0 Å². The standard InChI is InChI=1S/C21H21FN2O3S/c1-13-21(26)24(17-7-2-3-8-18(17)27-13)11-9-19(25)23-16-10-12-28-20-14(16)5-4-6-15(20)22/h2-8,13,16H,9-12H2,1H3,(H,23,25). The smallest absolute Gasteiger partial charge is 0.267 e. The normalized spacial score (nSPS) is 20.8. The van der Waals surface area contributed by atoms with Crippen molar-refractivity contribution in [1.82, 2.24) is 5.32 Å². The van der Waals surface area contributed by atoms with Crippen LogP contribution >= 0.6 is 11.8 Å².